The summed E-state index contributed by atoms with van der Waals surface area (Å²) in [6, 6.07) is 11.8. The maximum atomic E-state index is 12.4. The number of halogens is 1. The first-order valence-electron chi connectivity index (χ1n) is 7.27. The molecule has 1 aliphatic heterocycles. The Labute approximate surface area is 160 Å². The van der Waals surface area contributed by atoms with Gasteiger partial charge < -0.3 is 0 Å². The number of rotatable bonds is 3. The summed E-state index contributed by atoms with van der Waals surface area (Å²) in [6.45, 7) is 0. The summed E-state index contributed by atoms with van der Waals surface area (Å²) in [4.78, 5) is 27.0. The highest BCUT2D eigenvalue weighted by molar-refractivity contribution is 7.89. The van der Waals surface area contributed by atoms with Crippen molar-refractivity contribution in [3.8, 4) is 0 Å². The summed E-state index contributed by atoms with van der Waals surface area (Å²) < 4.78 is 22.7. The van der Waals surface area contributed by atoms with Gasteiger partial charge in [-0.25, -0.2) is 13.6 Å². The second-order valence-corrected chi connectivity index (χ2v) is 7.80. The Kier molecular flexibility index (Phi) is 4.80. The molecule has 0 atom stereocenters. The van der Waals surface area contributed by atoms with Crippen LogP contribution in [0.1, 0.15) is 6.42 Å². The van der Waals surface area contributed by atoms with Crippen molar-refractivity contribution in [2.45, 2.75) is 11.3 Å². The molecule has 1 fully saturated rings. The van der Waals surface area contributed by atoms with Crippen LogP contribution in [0.15, 0.2) is 53.4 Å². The van der Waals surface area contributed by atoms with Gasteiger partial charge in [0.2, 0.25) is 21.8 Å². The van der Waals surface area contributed by atoms with Crippen molar-refractivity contribution in [1.29, 1.82) is 0 Å². The molecule has 0 aliphatic carbocycles. The van der Waals surface area contributed by atoms with Crippen LogP contribution in [0.4, 0.5) is 11.4 Å². The molecule has 7 nitrogen and oxygen atoms in total. The fraction of sp³-hybridized carbons (Fsp3) is 0.0625. The monoisotopic (exact) mass is 409 g/mol. The average Bonchev–Trinajstić information content (AvgIpc) is 2.56. The highest BCUT2D eigenvalue weighted by Gasteiger charge is 2.36. The predicted molar refractivity (Wildman–Crippen MR) is 101 cm³/mol. The van der Waals surface area contributed by atoms with E-state index in [4.69, 9.17) is 29.0 Å². The third-order valence-corrected chi connectivity index (χ3v) is 5.24. The van der Waals surface area contributed by atoms with Crippen molar-refractivity contribution < 1.29 is 18.0 Å². The van der Waals surface area contributed by atoms with Gasteiger partial charge >= 0.3 is 0 Å². The summed E-state index contributed by atoms with van der Waals surface area (Å²) in [5.41, 5.74) is 0.807. The van der Waals surface area contributed by atoms with Crippen LogP contribution >= 0.6 is 23.8 Å². The van der Waals surface area contributed by atoms with E-state index in [-0.39, 0.29) is 16.4 Å². The highest BCUT2D eigenvalue weighted by atomic mass is 35.5. The second-order valence-electron chi connectivity index (χ2n) is 5.43. The van der Waals surface area contributed by atoms with Crippen molar-refractivity contribution in [1.82, 2.24) is 0 Å². The van der Waals surface area contributed by atoms with E-state index >= 15 is 0 Å². The number of carbonyl (C=O) groups is 2. The molecular weight excluding hydrogens is 398 g/mol. The van der Waals surface area contributed by atoms with Crippen molar-refractivity contribution in [2.75, 3.05) is 9.80 Å². The van der Waals surface area contributed by atoms with Gasteiger partial charge in [-0.1, -0.05) is 11.6 Å². The van der Waals surface area contributed by atoms with Gasteiger partial charge in [0.1, 0.15) is 6.42 Å². The lowest BCUT2D eigenvalue weighted by Crippen LogP contribution is -2.55. The first-order valence-corrected chi connectivity index (χ1v) is 9.60. The number of primary sulfonamides is 1. The number of benzene rings is 2. The Morgan fingerprint density at radius 1 is 0.885 bits per heavy atom. The number of anilines is 2. The van der Waals surface area contributed by atoms with Gasteiger partial charge in [-0.3, -0.25) is 19.4 Å². The summed E-state index contributed by atoms with van der Waals surface area (Å²) >= 11 is 11.2. The van der Waals surface area contributed by atoms with E-state index in [0.717, 1.165) is 0 Å². The molecule has 2 aromatic carbocycles. The first kappa shape index (κ1) is 18.5. The lowest BCUT2D eigenvalue weighted by atomic mass is 10.2. The molecule has 0 aromatic heterocycles. The van der Waals surface area contributed by atoms with E-state index in [9.17, 15) is 18.0 Å². The van der Waals surface area contributed by atoms with Crippen molar-refractivity contribution >= 4 is 62.1 Å². The van der Waals surface area contributed by atoms with Crippen LogP contribution in [0, 0.1) is 0 Å². The minimum absolute atomic E-state index is 0.0306. The first-order chi connectivity index (χ1) is 12.2. The maximum absolute atomic E-state index is 12.4. The number of amides is 2. The molecule has 1 saturated heterocycles. The van der Waals surface area contributed by atoms with E-state index in [0.29, 0.717) is 16.4 Å². The van der Waals surface area contributed by atoms with Gasteiger partial charge in [-0.05, 0) is 60.7 Å². The normalized spacial score (nSPS) is 15.5. The summed E-state index contributed by atoms with van der Waals surface area (Å²) in [5.74, 6) is -0.965. The van der Waals surface area contributed by atoms with E-state index in [1.165, 1.54) is 34.1 Å². The van der Waals surface area contributed by atoms with Gasteiger partial charge in [-0.15, -0.1) is 0 Å². The van der Waals surface area contributed by atoms with Crippen LogP contribution in [-0.2, 0) is 19.6 Å². The predicted octanol–water partition coefficient (Wildman–Crippen LogP) is 2.04. The topological polar surface area (TPSA) is 101 Å². The molecule has 1 heterocycles. The second kappa shape index (κ2) is 6.76. The van der Waals surface area contributed by atoms with Crippen LogP contribution in [-0.4, -0.2) is 25.3 Å². The molecule has 0 unspecified atom stereocenters. The van der Waals surface area contributed by atoms with Crippen LogP contribution in [0.3, 0.4) is 0 Å². The molecule has 0 saturated carbocycles. The number of nitrogens with two attached hydrogens (primary N) is 1. The minimum Gasteiger partial charge on any atom is -0.273 e. The molecule has 0 spiro atoms. The van der Waals surface area contributed by atoms with Gasteiger partial charge in [-0.2, -0.15) is 0 Å². The zero-order valence-corrected chi connectivity index (χ0v) is 15.5. The molecule has 0 radical (unpaired) electrons. The summed E-state index contributed by atoms with van der Waals surface area (Å²) in [5, 5.41) is 5.54. The van der Waals surface area contributed by atoms with Gasteiger partial charge in [0.25, 0.3) is 0 Å². The molecule has 0 bridgehead atoms. The molecular formula is C16H12ClN3O4S2. The number of thiocarbonyl (C=S) groups is 1. The maximum Gasteiger partial charge on any atom is 0.242 e. The summed E-state index contributed by atoms with van der Waals surface area (Å²) in [6.07, 6.45) is -0.375. The molecule has 2 aromatic rings. The lowest BCUT2D eigenvalue weighted by molar-refractivity contribution is -0.126. The Bertz CT molecular complexity index is 1000. The molecule has 134 valence electrons. The summed E-state index contributed by atoms with van der Waals surface area (Å²) in [7, 11) is -3.86. The van der Waals surface area contributed by atoms with E-state index in [1.807, 2.05) is 0 Å². The largest absolute Gasteiger partial charge is 0.273 e. The van der Waals surface area contributed by atoms with Crippen molar-refractivity contribution in [3.05, 3.63) is 53.6 Å². The van der Waals surface area contributed by atoms with Crippen LogP contribution in [0.25, 0.3) is 0 Å². The van der Waals surface area contributed by atoms with Crippen molar-refractivity contribution in [2.24, 2.45) is 5.14 Å². The SMILES string of the molecule is NS(=O)(=O)c1ccc(N2C(=O)CC(=O)N(c3ccc(Cl)cc3)C2=S)cc1. The lowest BCUT2D eigenvalue weighted by Gasteiger charge is -2.35. The molecule has 2 amide bonds. The van der Waals surface area contributed by atoms with Crippen LogP contribution in [0.2, 0.25) is 5.02 Å². The molecule has 2 N–H and O–H groups in total. The minimum atomic E-state index is -3.86. The quantitative estimate of drug-likeness (QED) is 0.617. The van der Waals surface area contributed by atoms with E-state index in [2.05, 4.69) is 0 Å². The van der Waals surface area contributed by atoms with Gasteiger partial charge in [0.15, 0.2) is 5.11 Å². The smallest absolute Gasteiger partial charge is 0.242 e. The van der Waals surface area contributed by atoms with E-state index < -0.39 is 21.8 Å². The molecule has 10 heteroatoms. The van der Waals surface area contributed by atoms with E-state index in [1.54, 1.807) is 24.3 Å². The Morgan fingerprint density at radius 3 is 1.73 bits per heavy atom. The standard InChI is InChI=1S/C16H12ClN3O4S2/c17-10-1-3-11(4-2-10)19-14(21)9-15(22)20(16(19)25)12-5-7-13(8-6-12)26(18,23)24/h1-8H,9H2,(H2,18,23,24). The third kappa shape index (κ3) is 3.47. The number of hydrogen-bond acceptors (Lipinski definition) is 5. The number of sulfonamides is 1. The fourth-order valence-electron chi connectivity index (χ4n) is 2.48. The van der Waals surface area contributed by atoms with Crippen molar-refractivity contribution in [3.63, 3.8) is 0 Å². The number of carbonyl (C=O) groups excluding carboxylic acids is 2. The third-order valence-electron chi connectivity index (χ3n) is 3.69. The highest BCUT2D eigenvalue weighted by Crippen LogP contribution is 2.28. The Morgan fingerprint density at radius 2 is 1.31 bits per heavy atom. The molecule has 1 aliphatic rings. The van der Waals surface area contributed by atoms with Crippen LogP contribution in [0.5, 0.6) is 0 Å². The Hall–Kier alpha value is -2.33. The van der Waals surface area contributed by atoms with Crippen LogP contribution < -0.4 is 14.9 Å². The number of hydrogen-bond donors (Lipinski definition) is 1. The zero-order chi connectivity index (χ0) is 19.1. The zero-order valence-electron chi connectivity index (χ0n) is 13.1. The fourth-order valence-corrected chi connectivity index (χ4v) is 3.54. The molecule has 26 heavy (non-hydrogen) atoms. The van der Waals surface area contributed by atoms with Gasteiger partial charge in [0.05, 0.1) is 16.3 Å². The number of nitrogens with zero attached hydrogens (tertiary/aromatic N) is 2. The molecule has 3 rings (SSSR count). The Balaban J connectivity index is 1.99. The van der Waals surface area contributed by atoms with Gasteiger partial charge in [0, 0.05) is 5.02 Å². The average molecular weight is 410 g/mol.